The maximum atomic E-state index is 13.4. The highest BCUT2D eigenvalue weighted by atomic mass is 127. The molecule has 0 amide bonds. The van der Waals surface area contributed by atoms with Crippen LogP contribution in [-0.2, 0) is 24.5 Å². The molecule has 1 N–H and O–H groups in total. The molecule has 0 spiro atoms. The molecular formula is C29H28INO8S. The highest BCUT2D eigenvalue weighted by Gasteiger charge is 2.44. The number of carboxylic acid groups (broad SMARTS) is 1. The molecule has 0 saturated carbocycles. The van der Waals surface area contributed by atoms with E-state index in [0.717, 1.165) is 0 Å². The van der Waals surface area contributed by atoms with Gasteiger partial charge in [0, 0.05) is 41.3 Å². The van der Waals surface area contributed by atoms with E-state index in [-0.39, 0.29) is 41.1 Å². The van der Waals surface area contributed by atoms with Crippen molar-refractivity contribution in [3.63, 3.8) is 0 Å². The van der Waals surface area contributed by atoms with Gasteiger partial charge in [-0.25, -0.2) is 0 Å². The van der Waals surface area contributed by atoms with Crippen molar-refractivity contribution in [2.45, 2.75) is 56.3 Å². The van der Waals surface area contributed by atoms with E-state index in [1.807, 2.05) is 22.6 Å². The number of nitrogens with zero attached hydrogens (tertiary/aromatic N) is 1. The van der Waals surface area contributed by atoms with Crippen molar-refractivity contribution in [1.82, 2.24) is 4.90 Å². The number of halogens is 1. The second-order valence-corrected chi connectivity index (χ2v) is 12.5. The van der Waals surface area contributed by atoms with Crippen molar-refractivity contribution in [2.24, 2.45) is 0 Å². The van der Waals surface area contributed by atoms with Crippen molar-refractivity contribution in [1.29, 1.82) is 0 Å². The van der Waals surface area contributed by atoms with E-state index in [4.69, 9.17) is 8.92 Å². The van der Waals surface area contributed by atoms with Gasteiger partial charge in [-0.2, -0.15) is 8.42 Å². The standard InChI is InChI=1S/C29H28INO8S/c1-2-38-24-15-17(14-19(30)29(24)39-40(36,37)18-8-4-3-5-9-18)26-27-20(10-6-12-22(27)32)31(16-25(34)35)21-11-7-13-23(33)28(21)26/h3-5,8-9,14-15,26H,2,6-7,10-13,16H2,1H3,(H,34,35). The van der Waals surface area contributed by atoms with Crippen LogP contribution < -0.4 is 8.92 Å². The van der Waals surface area contributed by atoms with Gasteiger partial charge in [0.15, 0.2) is 23.1 Å². The fraction of sp³-hybridized carbons (Fsp3) is 0.345. The average molecular weight is 678 g/mol. The molecule has 0 unspecified atom stereocenters. The van der Waals surface area contributed by atoms with Gasteiger partial charge in [-0.15, -0.1) is 0 Å². The first-order valence-electron chi connectivity index (χ1n) is 13.1. The number of Topliss-reactive ketones (excluding diaryl/α,β-unsaturated/α-hetero) is 2. The third-order valence-electron chi connectivity index (χ3n) is 7.27. The van der Waals surface area contributed by atoms with Crippen LogP contribution in [0.3, 0.4) is 0 Å². The molecule has 2 aromatic carbocycles. The quantitative estimate of drug-likeness (QED) is 0.305. The number of hydrogen-bond acceptors (Lipinski definition) is 8. The average Bonchev–Trinajstić information content (AvgIpc) is 2.91. The largest absolute Gasteiger partial charge is 0.490 e. The Morgan fingerprint density at radius 2 is 1.60 bits per heavy atom. The van der Waals surface area contributed by atoms with E-state index in [1.165, 1.54) is 12.1 Å². The van der Waals surface area contributed by atoms with E-state index < -0.39 is 22.0 Å². The second-order valence-electron chi connectivity index (χ2n) is 9.80. The number of hydrogen-bond donors (Lipinski definition) is 1. The molecule has 2 aliphatic carbocycles. The van der Waals surface area contributed by atoms with Crippen LogP contribution in [-0.4, -0.2) is 49.1 Å². The lowest BCUT2D eigenvalue weighted by Crippen LogP contribution is -2.41. The minimum Gasteiger partial charge on any atom is -0.490 e. The molecule has 0 atom stereocenters. The van der Waals surface area contributed by atoms with Gasteiger partial charge in [0.1, 0.15) is 11.4 Å². The molecular weight excluding hydrogens is 649 g/mol. The molecule has 40 heavy (non-hydrogen) atoms. The summed E-state index contributed by atoms with van der Waals surface area (Å²) in [5, 5.41) is 9.66. The summed E-state index contributed by atoms with van der Waals surface area (Å²) >= 11 is 1.97. The fourth-order valence-corrected chi connectivity index (χ4v) is 7.58. The Labute approximate surface area is 246 Å². The molecule has 0 fully saturated rings. The van der Waals surface area contributed by atoms with E-state index in [9.17, 15) is 27.9 Å². The molecule has 2 aromatic rings. The number of carboxylic acids is 1. The van der Waals surface area contributed by atoms with Crippen molar-refractivity contribution >= 4 is 50.2 Å². The summed E-state index contributed by atoms with van der Waals surface area (Å²) in [4.78, 5) is 40.3. The van der Waals surface area contributed by atoms with Crippen LogP contribution in [0.15, 0.2) is 69.9 Å². The summed E-state index contributed by atoms with van der Waals surface area (Å²) in [6.07, 6.45) is 2.87. The van der Waals surface area contributed by atoms with Gasteiger partial charge in [-0.1, -0.05) is 18.2 Å². The molecule has 210 valence electrons. The van der Waals surface area contributed by atoms with Crippen LogP contribution in [0.4, 0.5) is 0 Å². The number of aliphatic carboxylic acids is 1. The highest BCUT2D eigenvalue weighted by molar-refractivity contribution is 14.1. The Kier molecular flexibility index (Phi) is 8.05. The summed E-state index contributed by atoms with van der Waals surface area (Å²) in [5.41, 5.74) is 2.77. The smallest absolute Gasteiger partial charge is 0.339 e. The number of ketones is 2. The molecule has 1 aliphatic heterocycles. The van der Waals surface area contributed by atoms with E-state index >= 15 is 0 Å². The molecule has 0 radical (unpaired) electrons. The molecule has 1 heterocycles. The first-order chi connectivity index (χ1) is 19.1. The van der Waals surface area contributed by atoms with Crippen LogP contribution in [0.25, 0.3) is 0 Å². The molecule has 9 nitrogen and oxygen atoms in total. The lowest BCUT2D eigenvalue weighted by atomic mass is 9.71. The SMILES string of the molecule is CCOc1cc(C2C3=C(CCCC3=O)N(CC(=O)O)C3=C2C(=O)CCC3)cc(I)c1OS(=O)(=O)c1ccccc1. The van der Waals surface area contributed by atoms with E-state index in [1.54, 1.807) is 42.2 Å². The zero-order chi connectivity index (χ0) is 28.6. The predicted molar refractivity (Wildman–Crippen MR) is 153 cm³/mol. The van der Waals surface area contributed by atoms with E-state index in [0.29, 0.717) is 70.2 Å². The van der Waals surface area contributed by atoms with Crippen molar-refractivity contribution in [2.75, 3.05) is 13.2 Å². The molecule has 11 heteroatoms. The topological polar surface area (TPSA) is 127 Å². The van der Waals surface area contributed by atoms with Crippen molar-refractivity contribution in [3.8, 4) is 11.5 Å². The Bertz CT molecular complexity index is 1520. The number of carbonyl (C=O) groups is 3. The number of allylic oxidation sites excluding steroid dienone is 4. The van der Waals surface area contributed by atoms with Crippen molar-refractivity contribution in [3.05, 3.63) is 74.1 Å². The fourth-order valence-electron chi connectivity index (χ4n) is 5.72. The summed E-state index contributed by atoms with van der Waals surface area (Å²) in [6, 6.07) is 11.1. The summed E-state index contributed by atoms with van der Waals surface area (Å²) < 4.78 is 37.9. The van der Waals surface area contributed by atoms with Gasteiger partial charge in [-0.3, -0.25) is 14.4 Å². The lowest BCUT2D eigenvalue weighted by molar-refractivity contribution is -0.138. The summed E-state index contributed by atoms with van der Waals surface area (Å²) in [7, 11) is -4.16. The zero-order valence-corrected chi connectivity index (χ0v) is 24.8. The lowest BCUT2D eigenvalue weighted by Gasteiger charge is -2.43. The molecule has 0 aromatic heterocycles. The Morgan fingerprint density at radius 3 is 2.15 bits per heavy atom. The third-order valence-corrected chi connectivity index (χ3v) is 9.31. The van der Waals surface area contributed by atoms with Gasteiger partial charge < -0.3 is 18.9 Å². The second kappa shape index (κ2) is 11.4. The number of carbonyl (C=O) groups excluding carboxylic acids is 2. The van der Waals surface area contributed by atoms with Gasteiger partial charge >= 0.3 is 16.1 Å². The van der Waals surface area contributed by atoms with Gasteiger partial charge in [0.25, 0.3) is 0 Å². The van der Waals surface area contributed by atoms with Crippen LogP contribution in [0.1, 0.15) is 56.9 Å². The maximum Gasteiger partial charge on any atom is 0.339 e. The Morgan fingerprint density at radius 1 is 1.00 bits per heavy atom. The number of benzene rings is 2. The van der Waals surface area contributed by atoms with Crippen LogP contribution in [0.5, 0.6) is 11.5 Å². The normalized spacial score (nSPS) is 18.0. The van der Waals surface area contributed by atoms with Crippen LogP contribution in [0, 0.1) is 3.57 Å². The molecule has 5 rings (SSSR count). The molecule has 0 saturated heterocycles. The van der Waals surface area contributed by atoms with Gasteiger partial charge in [-0.05, 0) is 85.0 Å². The maximum absolute atomic E-state index is 13.4. The Hall–Kier alpha value is -3.19. The minimum atomic E-state index is -4.16. The van der Waals surface area contributed by atoms with Crippen LogP contribution >= 0.6 is 22.6 Å². The minimum absolute atomic E-state index is 0.00618. The number of ether oxygens (including phenoxy) is 1. The zero-order valence-electron chi connectivity index (χ0n) is 21.8. The summed E-state index contributed by atoms with van der Waals surface area (Å²) in [6.45, 7) is 1.66. The van der Waals surface area contributed by atoms with E-state index in [2.05, 4.69) is 0 Å². The molecule has 0 bridgehead atoms. The first-order valence-corrected chi connectivity index (χ1v) is 15.6. The van der Waals surface area contributed by atoms with Gasteiger partial charge in [0.05, 0.1) is 10.2 Å². The predicted octanol–water partition coefficient (Wildman–Crippen LogP) is 4.96. The number of rotatable bonds is 8. The first kappa shape index (κ1) is 28.3. The van der Waals surface area contributed by atoms with Crippen LogP contribution in [0.2, 0.25) is 0 Å². The highest BCUT2D eigenvalue weighted by Crippen LogP contribution is 2.50. The van der Waals surface area contributed by atoms with Gasteiger partial charge in [0.2, 0.25) is 0 Å². The molecule has 3 aliphatic rings. The Balaban J connectivity index is 1.68. The monoisotopic (exact) mass is 677 g/mol. The summed E-state index contributed by atoms with van der Waals surface area (Å²) in [5.74, 6) is -1.79. The third kappa shape index (κ3) is 5.28. The van der Waals surface area contributed by atoms with Crippen molar-refractivity contribution < 1.29 is 36.8 Å².